The molecule has 2 rings (SSSR count). The van der Waals surface area contributed by atoms with Crippen LogP contribution in [0.2, 0.25) is 0 Å². The number of aromatic nitrogens is 3. The number of nitrogens with two attached hydrogens (primary N) is 1. The number of nitrogens with zero attached hydrogens (tertiary/aromatic N) is 3. The molecule has 15 heavy (non-hydrogen) atoms. The summed E-state index contributed by atoms with van der Waals surface area (Å²) in [6.45, 7) is 1.89. The predicted molar refractivity (Wildman–Crippen MR) is 54.6 cm³/mol. The highest BCUT2D eigenvalue weighted by atomic mass is 16.1. The van der Waals surface area contributed by atoms with E-state index in [1.54, 1.807) is 12.3 Å². The van der Waals surface area contributed by atoms with Gasteiger partial charge in [0.05, 0.1) is 0 Å². The number of carbonyl (C=O) groups excluding carboxylic acids is 1. The van der Waals surface area contributed by atoms with Crippen molar-refractivity contribution in [2.45, 2.75) is 6.92 Å². The number of hydrogen-bond acceptors (Lipinski definition) is 3. The molecular formula is C10H10N4O. The van der Waals surface area contributed by atoms with E-state index in [9.17, 15) is 4.79 Å². The second kappa shape index (κ2) is 3.53. The smallest absolute Gasteiger partial charge is 0.269 e. The first-order chi connectivity index (χ1) is 7.16. The Kier molecular flexibility index (Phi) is 2.21. The Labute approximate surface area is 86.5 Å². The summed E-state index contributed by atoms with van der Waals surface area (Å²) in [5, 5.41) is 4.00. The van der Waals surface area contributed by atoms with Gasteiger partial charge in [-0.05, 0) is 25.1 Å². The maximum absolute atomic E-state index is 10.8. The van der Waals surface area contributed by atoms with Crippen molar-refractivity contribution in [3.63, 3.8) is 0 Å². The lowest BCUT2D eigenvalue weighted by Crippen LogP contribution is -2.12. The third kappa shape index (κ3) is 1.85. The van der Waals surface area contributed by atoms with Crippen LogP contribution >= 0.6 is 0 Å². The topological polar surface area (TPSA) is 73.8 Å². The standard InChI is InChI=1S/C10H10N4O/c1-7-3-2-4-9(12-7)14-6-5-8(13-14)10(11)15/h2-6H,1H3,(H2,11,15). The molecule has 0 saturated heterocycles. The van der Waals surface area contributed by atoms with E-state index in [2.05, 4.69) is 10.1 Å². The molecule has 0 aliphatic rings. The number of hydrogen-bond donors (Lipinski definition) is 1. The fraction of sp³-hybridized carbons (Fsp3) is 0.100. The average Bonchev–Trinajstić information content (AvgIpc) is 2.66. The van der Waals surface area contributed by atoms with Crippen molar-refractivity contribution in [2.75, 3.05) is 0 Å². The van der Waals surface area contributed by atoms with E-state index < -0.39 is 5.91 Å². The summed E-state index contributed by atoms with van der Waals surface area (Å²) in [5.41, 5.74) is 6.23. The van der Waals surface area contributed by atoms with Crippen molar-refractivity contribution < 1.29 is 4.79 Å². The van der Waals surface area contributed by atoms with Crippen molar-refractivity contribution in [3.8, 4) is 5.82 Å². The van der Waals surface area contributed by atoms with Crippen LogP contribution in [0.25, 0.3) is 5.82 Å². The fourth-order valence-electron chi connectivity index (χ4n) is 1.24. The van der Waals surface area contributed by atoms with Crippen molar-refractivity contribution in [2.24, 2.45) is 5.73 Å². The minimum absolute atomic E-state index is 0.235. The molecule has 0 bridgehead atoms. The minimum Gasteiger partial charge on any atom is -0.364 e. The van der Waals surface area contributed by atoms with Crippen LogP contribution < -0.4 is 5.73 Å². The summed E-state index contributed by atoms with van der Waals surface area (Å²) in [7, 11) is 0. The Bertz CT molecular complexity index is 504. The van der Waals surface area contributed by atoms with Crippen molar-refractivity contribution in [3.05, 3.63) is 41.9 Å². The lowest BCUT2D eigenvalue weighted by molar-refractivity contribution is 0.0995. The molecule has 0 atom stereocenters. The summed E-state index contributed by atoms with van der Waals surface area (Å²) in [6.07, 6.45) is 1.65. The van der Waals surface area contributed by atoms with E-state index in [0.29, 0.717) is 5.82 Å². The molecule has 5 heteroatoms. The maximum atomic E-state index is 10.8. The van der Waals surface area contributed by atoms with Crippen LogP contribution in [0.5, 0.6) is 0 Å². The molecule has 2 N–H and O–H groups in total. The minimum atomic E-state index is -0.540. The third-order valence-corrected chi connectivity index (χ3v) is 1.95. The molecule has 5 nitrogen and oxygen atoms in total. The van der Waals surface area contributed by atoms with Crippen LogP contribution in [-0.4, -0.2) is 20.7 Å². The van der Waals surface area contributed by atoms with Crippen LogP contribution in [0.4, 0.5) is 0 Å². The zero-order valence-electron chi connectivity index (χ0n) is 8.21. The third-order valence-electron chi connectivity index (χ3n) is 1.95. The molecule has 2 heterocycles. The Hall–Kier alpha value is -2.17. The van der Waals surface area contributed by atoms with Crippen LogP contribution in [0.3, 0.4) is 0 Å². The SMILES string of the molecule is Cc1cccc(-n2ccc(C(N)=O)n2)n1. The van der Waals surface area contributed by atoms with Gasteiger partial charge in [-0.3, -0.25) is 4.79 Å². The van der Waals surface area contributed by atoms with E-state index in [4.69, 9.17) is 5.73 Å². The van der Waals surface area contributed by atoms with Gasteiger partial charge in [-0.2, -0.15) is 5.10 Å². The summed E-state index contributed by atoms with van der Waals surface area (Å²) in [4.78, 5) is 15.1. The highest BCUT2D eigenvalue weighted by molar-refractivity contribution is 5.90. The molecule has 1 amide bonds. The Balaban J connectivity index is 2.41. The molecule has 0 aromatic carbocycles. The molecule has 0 aliphatic carbocycles. The van der Waals surface area contributed by atoms with E-state index in [0.717, 1.165) is 5.69 Å². The average molecular weight is 202 g/mol. The van der Waals surface area contributed by atoms with Gasteiger partial charge in [0.1, 0.15) is 5.69 Å². The van der Waals surface area contributed by atoms with Crippen molar-refractivity contribution in [1.29, 1.82) is 0 Å². The van der Waals surface area contributed by atoms with Crippen molar-refractivity contribution >= 4 is 5.91 Å². The molecule has 2 aromatic heterocycles. The first kappa shape index (κ1) is 9.39. The van der Waals surface area contributed by atoms with E-state index >= 15 is 0 Å². The molecule has 0 aliphatic heterocycles. The summed E-state index contributed by atoms with van der Waals surface area (Å²) < 4.78 is 1.52. The zero-order chi connectivity index (χ0) is 10.8. The van der Waals surface area contributed by atoms with Gasteiger partial charge in [0.15, 0.2) is 5.82 Å². The van der Waals surface area contributed by atoms with Crippen LogP contribution in [-0.2, 0) is 0 Å². The predicted octanol–water partition coefficient (Wildman–Crippen LogP) is 0.675. The van der Waals surface area contributed by atoms with Gasteiger partial charge in [-0.15, -0.1) is 0 Å². The number of primary amides is 1. The molecular weight excluding hydrogens is 192 g/mol. The number of aryl methyl sites for hydroxylation is 1. The van der Waals surface area contributed by atoms with Crippen LogP contribution in [0.15, 0.2) is 30.5 Å². The first-order valence-electron chi connectivity index (χ1n) is 4.46. The van der Waals surface area contributed by atoms with E-state index in [1.807, 2.05) is 25.1 Å². The van der Waals surface area contributed by atoms with E-state index in [-0.39, 0.29) is 5.69 Å². The number of carbonyl (C=O) groups is 1. The monoisotopic (exact) mass is 202 g/mol. The molecule has 2 aromatic rings. The van der Waals surface area contributed by atoms with Gasteiger partial charge in [0, 0.05) is 11.9 Å². The van der Waals surface area contributed by atoms with Crippen LogP contribution in [0, 0.1) is 6.92 Å². The second-order valence-corrected chi connectivity index (χ2v) is 3.15. The lowest BCUT2D eigenvalue weighted by Gasteiger charge is -2.00. The number of rotatable bonds is 2. The lowest BCUT2D eigenvalue weighted by atomic mass is 10.4. The van der Waals surface area contributed by atoms with Gasteiger partial charge < -0.3 is 5.73 Å². The molecule has 0 spiro atoms. The second-order valence-electron chi connectivity index (χ2n) is 3.15. The highest BCUT2D eigenvalue weighted by Crippen LogP contribution is 2.05. The van der Waals surface area contributed by atoms with Gasteiger partial charge in [-0.25, -0.2) is 9.67 Å². The number of amides is 1. The van der Waals surface area contributed by atoms with Gasteiger partial charge >= 0.3 is 0 Å². The van der Waals surface area contributed by atoms with Gasteiger partial charge in [-0.1, -0.05) is 6.07 Å². The fourth-order valence-corrected chi connectivity index (χ4v) is 1.24. The van der Waals surface area contributed by atoms with Crippen molar-refractivity contribution in [1.82, 2.24) is 14.8 Å². The van der Waals surface area contributed by atoms with E-state index in [1.165, 1.54) is 4.68 Å². The number of pyridine rings is 1. The normalized spacial score (nSPS) is 10.2. The molecule has 76 valence electrons. The summed E-state index contributed by atoms with van der Waals surface area (Å²) in [5.74, 6) is 0.129. The molecule has 0 saturated carbocycles. The quantitative estimate of drug-likeness (QED) is 0.778. The summed E-state index contributed by atoms with van der Waals surface area (Å²) in [6, 6.07) is 7.14. The first-order valence-corrected chi connectivity index (χ1v) is 4.46. The molecule has 0 unspecified atom stereocenters. The largest absolute Gasteiger partial charge is 0.364 e. The Morgan fingerprint density at radius 3 is 2.80 bits per heavy atom. The van der Waals surface area contributed by atoms with Gasteiger partial charge in [0.2, 0.25) is 0 Å². The molecule has 0 fully saturated rings. The van der Waals surface area contributed by atoms with Gasteiger partial charge in [0.25, 0.3) is 5.91 Å². The maximum Gasteiger partial charge on any atom is 0.269 e. The molecule has 0 radical (unpaired) electrons. The Morgan fingerprint density at radius 1 is 1.40 bits per heavy atom. The zero-order valence-corrected chi connectivity index (χ0v) is 8.21. The van der Waals surface area contributed by atoms with Crippen LogP contribution in [0.1, 0.15) is 16.2 Å². The summed E-state index contributed by atoms with van der Waals surface area (Å²) >= 11 is 0. The Morgan fingerprint density at radius 2 is 2.20 bits per heavy atom. The highest BCUT2D eigenvalue weighted by Gasteiger charge is 2.06.